The molecule has 0 unspecified atom stereocenters. The Bertz CT molecular complexity index is 374. The summed E-state index contributed by atoms with van der Waals surface area (Å²) < 4.78 is 0. The fourth-order valence-electron chi connectivity index (χ4n) is 1.88. The first-order valence-electron chi connectivity index (χ1n) is 7.15. The van der Waals surface area contributed by atoms with Crippen LogP contribution in [0.1, 0.15) is 61.4 Å². The second-order valence-electron chi connectivity index (χ2n) is 4.78. The minimum atomic E-state index is -0.413. The van der Waals surface area contributed by atoms with Crippen LogP contribution in [0.15, 0.2) is 24.3 Å². The molecule has 0 spiro atoms. The van der Waals surface area contributed by atoms with Crippen molar-refractivity contribution in [2.24, 2.45) is 0 Å². The zero-order chi connectivity index (χ0) is 13.9. The second-order valence-corrected chi connectivity index (χ2v) is 4.78. The van der Waals surface area contributed by atoms with Gasteiger partial charge in [0.15, 0.2) is 0 Å². The van der Waals surface area contributed by atoms with E-state index in [2.05, 4.69) is 6.92 Å². The van der Waals surface area contributed by atoms with Gasteiger partial charge in [-0.1, -0.05) is 57.2 Å². The van der Waals surface area contributed by atoms with Crippen LogP contribution >= 0.6 is 0 Å². The summed E-state index contributed by atoms with van der Waals surface area (Å²) in [6.07, 6.45) is 7.11. The number of rotatable bonds is 9. The SMILES string of the molecule is CCCCCCCCOOC(=O)c1ccccc1C. The van der Waals surface area contributed by atoms with Gasteiger partial charge in [0.25, 0.3) is 0 Å². The van der Waals surface area contributed by atoms with Crippen LogP contribution in [0.4, 0.5) is 0 Å². The highest BCUT2D eigenvalue weighted by atomic mass is 17.2. The third-order valence-electron chi connectivity index (χ3n) is 3.08. The first-order chi connectivity index (χ1) is 9.25. The molecule has 3 nitrogen and oxygen atoms in total. The maximum Gasteiger partial charge on any atom is 0.373 e. The predicted molar refractivity (Wildman–Crippen MR) is 75.9 cm³/mol. The Morgan fingerprint density at radius 1 is 1.05 bits per heavy atom. The van der Waals surface area contributed by atoms with Gasteiger partial charge in [0, 0.05) is 0 Å². The molecule has 0 bridgehead atoms. The molecule has 3 heteroatoms. The van der Waals surface area contributed by atoms with Crippen LogP contribution in [0.2, 0.25) is 0 Å². The highest BCUT2D eigenvalue weighted by molar-refractivity contribution is 5.90. The molecule has 0 aliphatic carbocycles. The van der Waals surface area contributed by atoms with Gasteiger partial charge in [-0.2, -0.15) is 4.89 Å². The van der Waals surface area contributed by atoms with E-state index in [1.165, 1.54) is 25.7 Å². The summed E-state index contributed by atoms with van der Waals surface area (Å²) in [7, 11) is 0. The van der Waals surface area contributed by atoms with Crippen molar-refractivity contribution in [1.82, 2.24) is 0 Å². The van der Waals surface area contributed by atoms with Gasteiger partial charge in [-0.05, 0) is 25.0 Å². The third kappa shape index (κ3) is 6.39. The molecule has 1 aromatic rings. The van der Waals surface area contributed by atoms with Crippen molar-refractivity contribution in [3.8, 4) is 0 Å². The van der Waals surface area contributed by atoms with Crippen LogP contribution in [0.5, 0.6) is 0 Å². The van der Waals surface area contributed by atoms with Crippen LogP contribution in [0.25, 0.3) is 0 Å². The lowest BCUT2D eigenvalue weighted by atomic mass is 10.1. The smallest absolute Gasteiger partial charge is 0.293 e. The van der Waals surface area contributed by atoms with E-state index in [4.69, 9.17) is 9.78 Å². The average molecular weight is 264 g/mol. The molecule has 0 aromatic heterocycles. The topological polar surface area (TPSA) is 35.5 Å². The largest absolute Gasteiger partial charge is 0.373 e. The maximum atomic E-state index is 11.7. The number of hydrogen-bond donors (Lipinski definition) is 0. The molecule has 0 N–H and O–H groups in total. The van der Waals surface area contributed by atoms with Crippen LogP contribution < -0.4 is 0 Å². The molecule has 19 heavy (non-hydrogen) atoms. The fourth-order valence-corrected chi connectivity index (χ4v) is 1.88. The lowest BCUT2D eigenvalue weighted by molar-refractivity contribution is -0.241. The van der Waals surface area contributed by atoms with Gasteiger partial charge in [0.05, 0.1) is 12.2 Å². The van der Waals surface area contributed by atoms with Gasteiger partial charge in [-0.3, -0.25) is 4.89 Å². The fraction of sp³-hybridized carbons (Fsp3) is 0.562. The number of aryl methyl sites for hydroxylation is 1. The Kier molecular flexibility index (Phi) is 7.91. The molecular weight excluding hydrogens is 240 g/mol. The van der Waals surface area contributed by atoms with Gasteiger partial charge < -0.3 is 0 Å². The number of carbonyl (C=O) groups is 1. The number of carbonyl (C=O) groups excluding carboxylic acids is 1. The molecule has 0 radical (unpaired) electrons. The minimum Gasteiger partial charge on any atom is -0.293 e. The maximum absolute atomic E-state index is 11.7. The summed E-state index contributed by atoms with van der Waals surface area (Å²) in [4.78, 5) is 21.5. The van der Waals surface area contributed by atoms with E-state index < -0.39 is 5.97 Å². The molecule has 0 heterocycles. The average Bonchev–Trinajstić information content (AvgIpc) is 2.42. The first kappa shape index (κ1) is 15.7. The standard InChI is InChI=1S/C16H24O3/c1-3-4-5-6-7-10-13-18-19-16(17)15-12-9-8-11-14(15)2/h8-9,11-12H,3-7,10,13H2,1-2H3. The zero-order valence-corrected chi connectivity index (χ0v) is 12.0. The van der Waals surface area contributed by atoms with Crippen LogP contribution in [-0.4, -0.2) is 12.6 Å². The van der Waals surface area contributed by atoms with Gasteiger partial charge in [-0.25, -0.2) is 4.79 Å². The summed E-state index contributed by atoms with van der Waals surface area (Å²) in [5, 5.41) is 0. The van der Waals surface area contributed by atoms with Gasteiger partial charge in [-0.15, -0.1) is 0 Å². The molecule has 0 amide bonds. The molecule has 1 rings (SSSR count). The quantitative estimate of drug-likeness (QED) is 0.375. The number of hydrogen-bond acceptors (Lipinski definition) is 3. The summed E-state index contributed by atoms with van der Waals surface area (Å²) in [6, 6.07) is 7.33. The Labute approximate surface area is 115 Å². The van der Waals surface area contributed by atoms with Crippen LogP contribution in [0.3, 0.4) is 0 Å². The first-order valence-corrected chi connectivity index (χ1v) is 7.15. The summed E-state index contributed by atoms with van der Waals surface area (Å²) in [5.41, 5.74) is 1.46. The minimum absolute atomic E-state index is 0.413. The summed E-state index contributed by atoms with van der Waals surface area (Å²) in [5.74, 6) is -0.413. The highest BCUT2D eigenvalue weighted by Gasteiger charge is 2.10. The zero-order valence-electron chi connectivity index (χ0n) is 12.0. The van der Waals surface area contributed by atoms with Crippen molar-refractivity contribution in [2.75, 3.05) is 6.61 Å². The molecule has 1 aromatic carbocycles. The molecule has 106 valence electrons. The number of unbranched alkanes of at least 4 members (excludes halogenated alkanes) is 5. The van der Waals surface area contributed by atoms with Crippen molar-refractivity contribution < 1.29 is 14.6 Å². The van der Waals surface area contributed by atoms with Gasteiger partial charge in [0.1, 0.15) is 0 Å². The predicted octanol–water partition coefficient (Wildman–Crippen LogP) is 4.44. The Balaban J connectivity index is 2.10. The molecule has 0 aliphatic heterocycles. The van der Waals surface area contributed by atoms with E-state index in [9.17, 15) is 4.79 Å². The van der Waals surface area contributed by atoms with E-state index in [0.717, 1.165) is 18.4 Å². The normalized spacial score (nSPS) is 10.4. The molecular formula is C16H24O3. The van der Waals surface area contributed by atoms with Crippen LogP contribution in [-0.2, 0) is 9.78 Å². The molecule has 0 saturated heterocycles. The molecule has 0 saturated carbocycles. The van der Waals surface area contributed by atoms with E-state index in [0.29, 0.717) is 12.2 Å². The van der Waals surface area contributed by atoms with Crippen molar-refractivity contribution in [2.45, 2.75) is 52.4 Å². The lowest BCUT2D eigenvalue weighted by Crippen LogP contribution is -2.08. The van der Waals surface area contributed by atoms with Gasteiger partial charge in [0.2, 0.25) is 0 Å². The molecule has 0 atom stereocenters. The third-order valence-corrected chi connectivity index (χ3v) is 3.08. The Hall–Kier alpha value is -1.35. The Morgan fingerprint density at radius 2 is 1.74 bits per heavy atom. The highest BCUT2D eigenvalue weighted by Crippen LogP contribution is 2.09. The van der Waals surface area contributed by atoms with E-state index in [1.54, 1.807) is 6.07 Å². The van der Waals surface area contributed by atoms with E-state index >= 15 is 0 Å². The Morgan fingerprint density at radius 3 is 2.47 bits per heavy atom. The second kappa shape index (κ2) is 9.56. The van der Waals surface area contributed by atoms with Gasteiger partial charge >= 0.3 is 5.97 Å². The molecule has 0 fully saturated rings. The van der Waals surface area contributed by atoms with Crippen LogP contribution in [0, 0.1) is 6.92 Å². The number of benzene rings is 1. The summed E-state index contributed by atoms with van der Waals surface area (Å²) in [6.45, 7) is 4.56. The van der Waals surface area contributed by atoms with Crippen molar-refractivity contribution in [1.29, 1.82) is 0 Å². The van der Waals surface area contributed by atoms with Crippen molar-refractivity contribution >= 4 is 5.97 Å². The van der Waals surface area contributed by atoms with E-state index in [-0.39, 0.29) is 0 Å². The van der Waals surface area contributed by atoms with E-state index in [1.807, 2.05) is 25.1 Å². The van der Waals surface area contributed by atoms with Crippen molar-refractivity contribution in [3.05, 3.63) is 35.4 Å². The lowest BCUT2D eigenvalue weighted by Gasteiger charge is -2.05. The van der Waals surface area contributed by atoms with Crippen molar-refractivity contribution in [3.63, 3.8) is 0 Å². The monoisotopic (exact) mass is 264 g/mol. The summed E-state index contributed by atoms with van der Waals surface area (Å²) >= 11 is 0. The molecule has 0 aliphatic rings.